The van der Waals surface area contributed by atoms with Crippen LogP contribution >= 0.6 is 0 Å². The second-order valence-corrected chi connectivity index (χ2v) is 14.5. The number of aryl methyl sites for hydroxylation is 1. The lowest BCUT2D eigenvalue weighted by atomic mass is 9.91. The SMILES string of the molecule is CC(C)[Si]1(C(C)C)C[C@@H]2CC(=O)C(c3ccccc3)=C2[C@H](CCc2ccccc2)O1. The second kappa shape index (κ2) is 8.64. The van der Waals surface area contributed by atoms with Gasteiger partial charge in [0.2, 0.25) is 0 Å². The van der Waals surface area contributed by atoms with E-state index in [9.17, 15) is 4.79 Å². The van der Waals surface area contributed by atoms with Crippen molar-refractivity contribution in [2.75, 3.05) is 0 Å². The number of benzene rings is 2. The van der Waals surface area contributed by atoms with Crippen LogP contribution in [-0.2, 0) is 15.6 Å². The molecule has 30 heavy (non-hydrogen) atoms. The highest BCUT2D eigenvalue weighted by Crippen LogP contribution is 2.53. The van der Waals surface area contributed by atoms with Gasteiger partial charge in [0.25, 0.3) is 0 Å². The Bertz CT molecular complexity index is 906. The van der Waals surface area contributed by atoms with Gasteiger partial charge in [-0.2, -0.15) is 0 Å². The van der Waals surface area contributed by atoms with E-state index >= 15 is 0 Å². The van der Waals surface area contributed by atoms with Crippen LogP contribution in [0.4, 0.5) is 0 Å². The minimum Gasteiger partial charge on any atom is -0.410 e. The van der Waals surface area contributed by atoms with Gasteiger partial charge in [0.1, 0.15) is 0 Å². The molecule has 1 aliphatic carbocycles. The van der Waals surface area contributed by atoms with Crippen LogP contribution < -0.4 is 0 Å². The monoisotopic (exact) mass is 418 g/mol. The molecular weight excluding hydrogens is 384 g/mol. The quantitative estimate of drug-likeness (QED) is 0.481. The largest absolute Gasteiger partial charge is 0.410 e. The van der Waals surface area contributed by atoms with Gasteiger partial charge in [-0.15, -0.1) is 0 Å². The predicted molar refractivity (Wildman–Crippen MR) is 127 cm³/mol. The molecular formula is C27H34O2Si. The minimum atomic E-state index is -1.97. The molecule has 0 N–H and O–H groups in total. The molecule has 0 amide bonds. The smallest absolute Gasteiger partial charge is 0.199 e. The van der Waals surface area contributed by atoms with Crippen molar-refractivity contribution in [3.63, 3.8) is 0 Å². The molecule has 2 atom stereocenters. The Labute approximate surface area is 182 Å². The Morgan fingerprint density at radius 2 is 1.53 bits per heavy atom. The minimum absolute atomic E-state index is 0.0575. The highest BCUT2D eigenvalue weighted by molar-refractivity contribution is 6.76. The number of fused-ring (bicyclic) bond motifs is 1. The summed E-state index contributed by atoms with van der Waals surface area (Å²) in [6, 6.07) is 22.0. The first-order chi connectivity index (χ1) is 14.4. The molecule has 4 rings (SSSR count). The molecule has 0 saturated carbocycles. The average Bonchev–Trinajstić information content (AvgIpc) is 3.08. The van der Waals surface area contributed by atoms with Gasteiger partial charge < -0.3 is 4.43 Å². The highest BCUT2D eigenvalue weighted by atomic mass is 28.4. The lowest BCUT2D eigenvalue weighted by molar-refractivity contribution is -0.113. The average molecular weight is 419 g/mol. The first-order valence-electron chi connectivity index (χ1n) is 11.5. The van der Waals surface area contributed by atoms with Gasteiger partial charge in [-0.1, -0.05) is 88.4 Å². The van der Waals surface area contributed by atoms with Gasteiger partial charge in [0, 0.05) is 12.0 Å². The van der Waals surface area contributed by atoms with Gasteiger partial charge in [0.05, 0.1) is 6.10 Å². The normalized spacial score (nSPS) is 23.3. The number of hydrogen-bond donors (Lipinski definition) is 0. The Morgan fingerprint density at radius 3 is 2.13 bits per heavy atom. The van der Waals surface area contributed by atoms with Gasteiger partial charge in [-0.25, -0.2) is 0 Å². The summed E-state index contributed by atoms with van der Waals surface area (Å²) in [4.78, 5) is 13.2. The Balaban J connectivity index is 1.75. The van der Waals surface area contributed by atoms with Gasteiger partial charge >= 0.3 is 0 Å². The number of Topliss-reactive ketones (excluding diaryl/α,β-unsaturated/α-hetero) is 1. The van der Waals surface area contributed by atoms with Crippen LogP contribution in [0.1, 0.15) is 51.7 Å². The van der Waals surface area contributed by atoms with Crippen LogP contribution in [0.2, 0.25) is 17.1 Å². The molecule has 1 heterocycles. The van der Waals surface area contributed by atoms with Crippen LogP contribution in [0, 0.1) is 5.92 Å². The van der Waals surface area contributed by atoms with Crippen molar-refractivity contribution in [3.8, 4) is 0 Å². The molecule has 0 spiro atoms. The van der Waals surface area contributed by atoms with E-state index in [-0.39, 0.29) is 6.10 Å². The maximum absolute atomic E-state index is 13.2. The first-order valence-corrected chi connectivity index (χ1v) is 13.7. The molecule has 0 bridgehead atoms. The summed E-state index contributed by atoms with van der Waals surface area (Å²) in [5.41, 5.74) is 5.76. The molecule has 1 saturated heterocycles. The third-order valence-corrected chi connectivity index (χ3v) is 13.0. The molecule has 158 valence electrons. The number of hydrogen-bond acceptors (Lipinski definition) is 2. The van der Waals surface area contributed by atoms with E-state index in [1.54, 1.807) is 0 Å². The molecule has 1 aliphatic heterocycles. The van der Waals surface area contributed by atoms with Crippen LogP contribution in [0.3, 0.4) is 0 Å². The summed E-state index contributed by atoms with van der Waals surface area (Å²) in [6.45, 7) is 9.35. The predicted octanol–water partition coefficient (Wildman–Crippen LogP) is 6.83. The Hall–Kier alpha value is -1.97. The topological polar surface area (TPSA) is 26.3 Å². The third kappa shape index (κ3) is 3.86. The van der Waals surface area contributed by atoms with Gasteiger partial charge in [0.15, 0.2) is 14.1 Å². The standard InChI is InChI=1S/C27H34O2Si/c1-19(2)30(20(3)4)18-23-17-24(28)26(22-13-9-6-10-14-22)27(23)25(29-30)16-15-21-11-7-5-8-12-21/h5-14,19-20,23,25H,15-18H2,1-4H3/t23-,25-/m0/s1. The Kier molecular flexibility index (Phi) is 6.13. The van der Waals surface area contributed by atoms with Gasteiger partial charge in [-0.3, -0.25) is 4.79 Å². The molecule has 0 unspecified atom stereocenters. The van der Waals surface area contributed by atoms with Crippen molar-refractivity contribution in [2.45, 2.75) is 70.2 Å². The van der Waals surface area contributed by atoms with E-state index < -0.39 is 8.32 Å². The van der Waals surface area contributed by atoms with Gasteiger partial charge in [-0.05, 0) is 52.6 Å². The summed E-state index contributed by atoms with van der Waals surface area (Å²) in [5, 5.41) is 0. The number of ketones is 1. The van der Waals surface area contributed by atoms with E-state index in [0.29, 0.717) is 29.2 Å². The lowest BCUT2D eigenvalue weighted by Gasteiger charge is -2.48. The zero-order valence-electron chi connectivity index (χ0n) is 18.7. The first kappa shape index (κ1) is 21.3. The van der Waals surface area contributed by atoms with Crippen molar-refractivity contribution in [3.05, 3.63) is 77.4 Å². The number of carbonyl (C=O) groups is 1. The van der Waals surface area contributed by atoms with Crippen molar-refractivity contribution in [1.29, 1.82) is 0 Å². The van der Waals surface area contributed by atoms with E-state index in [4.69, 9.17) is 4.43 Å². The maximum atomic E-state index is 13.2. The summed E-state index contributed by atoms with van der Waals surface area (Å²) in [6.07, 6.45) is 2.66. The van der Waals surface area contributed by atoms with Crippen LogP contribution in [-0.4, -0.2) is 20.2 Å². The van der Waals surface area contributed by atoms with E-state index in [2.05, 4.69) is 70.2 Å². The van der Waals surface area contributed by atoms with E-state index in [0.717, 1.165) is 30.0 Å². The van der Waals surface area contributed by atoms with Crippen LogP contribution in [0.5, 0.6) is 0 Å². The number of carbonyl (C=O) groups excluding carboxylic acids is 1. The van der Waals surface area contributed by atoms with E-state index in [1.807, 2.05) is 18.2 Å². The third-order valence-electron chi connectivity index (χ3n) is 7.27. The van der Waals surface area contributed by atoms with Crippen LogP contribution in [0.15, 0.2) is 66.2 Å². The summed E-state index contributed by atoms with van der Waals surface area (Å²) >= 11 is 0. The maximum Gasteiger partial charge on any atom is 0.199 e. The number of allylic oxidation sites excluding steroid dienone is 1. The van der Waals surface area contributed by atoms with Crippen molar-refractivity contribution < 1.29 is 9.22 Å². The van der Waals surface area contributed by atoms with Crippen LogP contribution in [0.25, 0.3) is 5.57 Å². The fourth-order valence-corrected chi connectivity index (χ4v) is 10.5. The molecule has 2 aliphatic rings. The number of rotatable bonds is 6. The molecule has 3 heteroatoms. The molecule has 2 aromatic rings. The molecule has 1 fully saturated rings. The highest BCUT2D eigenvalue weighted by Gasteiger charge is 2.53. The summed E-state index contributed by atoms with van der Waals surface area (Å²) in [5.74, 6) is 0.672. The Morgan fingerprint density at radius 1 is 0.933 bits per heavy atom. The molecule has 2 aromatic carbocycles. The fraction of sp³-hybridized carbons (Fsp3) is 0.444. The lowest BCUT2D eigenvalue weighted by Crippen LogP contribution is -2.53. The summed E-state index contributed by atoms with van der Waals surface area (Å²) < 4.78 is 7.16. The molecule has 0 aromatic heterocycles. The second-order valence-electron chi connectivity index (χ2n) is 9.62. The van der Waals surface area contributed by atoms with E-state index in [1.165, 1.54) is 11.1 Å². The fourth-order valence-electron chi connectivity index (χ4n) is 5.67. The molecule has 2 nitrogen and oxygen atoms in total. The van der Waals surface area contributed by atoms with Crippen molar-refractivity contribution in [1.82, 2.24) is 0 Å². The summed E-state index contributed by atoms with van der Waals surface area (Å²) in [7, 11) is -1.97. The van der Waals surface area contributed by atoms with Crippen molar-refractivity contribution >= 4 is 19.7 Å². The van der Waals surface area contributed by atoms with Crippen molar-refractivity contribution in [2.24, 2.45) is 5.92 Å². The zero-order valence-corrected chi connectivity index (χ0v) is 19.7. The zero-order chi connectivity index (χ0) is 21.3. The molecule has 0 radical (unpaired) electrons.